The van der Waals surface area contributed by atoms with Gasteiger partial charge in [0.25, 0.3) is 0 Å². The number of rotatable bonds is 4. The molecule has 3 heteroatoms. The van der Waals surface area contributed by atoms with Crippen molar-refractivity contribution in [2.75, 3.05) is 5.75 Å². The minimum absolute atomic E-state index is 0.102. The third-order valence-corrected chi connectivity index (χ3v) is 2.90. The van der Waals surface area contributed by atoms with E-state index >= 15 is 0 Å². The second-order valence-electron chi connectivity index (χ2n) is 2.77. The third kappa shape index (κ3) is 3.01. The van der Waals surface area contributed by atoms with Crippen molar-refractivity contribution in [3.05, 3.63) is 29.6 Å². The highest BCUT2D eigenvalue weighted by atomic mass is 32.2. The lowest BCUT2D eigenvalue weighted by molar-refractivity contribution is 0.281. The Labute approximate surface area is 82.0 Å². The minimum Gasteiger partial charge on any atom is -0.392 e. The molecule has 0 aliphatic rings. The van der Waals surface area contributed by atoms with E-state index in [0.717, 1.165) is 12.2 Å². The second-order valence-corrected chi connectivity index (χ2v) is 3.91. The van der Waals surface area contributed by atoms with Gasteiger partial charge < -0.3 is 5.11 Å². The molecule has 0 spiro atoms. The Hall–Kier alpha value is -0.540. The highest BCUT2D eigenvalue weighted by Crippen LogP contribution is 2.23. The van der Waals surface area contributed by atoms with Crippen LogP contribution in [0, 0.1) is 5.82 Å². The van der Waals surface area contributed by atoms with E-state index in [2.05, 4.69) is 6.92 Å². The molecule has 0 aromatic heterocycles. The van der Waals surface area contributed by atoms with Gasteiger partial charge in [0.1, 0.15) is 5.82 Å². The van der Waals surface area contributed by atoms with Gasteiger partial charge in [-0.2, -0.15) is 0 Å². The van der Waals surface area contributed by atoms with Gasteiger partial charge in [-0.15, -0.1) is 11.8 Å². The maximum atomic E-state index is 13.2. The van der Waals surface area contributed by atoms with E-state index in [0.29, 0.717) is 10.5 Å². The Bertz CT molecular complexity index is 276. The first kappa shape index (κ1) is 10.5. The van der Waals surface area contributed by atoms with Crippen LogP contribution in [0.3, 0.4) is 0 Å². The molecule has 0 bridgehead atoms. The molecular weight excluding hydrogens is 187 g/mol. The molecule has 1 aromatic carbocycles. The minimum atomic E-state index is -0.231. The van der Waals surface area contributed by atoms with Crippen molar-refractivity contribution in [3.8, 4) is 0 Å². The van der Waals surface area contributed by atoms with Gasteiger partial charge in [0, 0.05) is 4.90 Å². The zero-order chi connectivity index (χ0) is 9.68. The fourth-order valence-corrected chi connectivity index (χ4v) is 1.76. The summed E-state index contributed by atoms with van der Waals surface area (Å²) in [6.07, 6.45) is 1.03. The summed E-state index contributed by atoms with van der Waals surface area (Å²) in [5.41, 5.74) is 0.623. The maximum absolute atomic E-state index is 13.2. The molecule has 0 atom stereocenters. The highest BCUT2D eigenvalue weighted by molar-refractivity contribution is 7.99. The Morgan fingerprint density at radius 3 is 2.77 bits per heavy atom. The van der Waals surface area contributed by atoms with E-state index in [1.807, 2.05) is 0 Å². The predicted molar refractivity (Wildman–Crippen MR) is 53.3 cm³/mol. The number of benzene rings is 1. The first-order valence-corrected chi connectivity index (χ1v) is 5.28. The van der Waals surface area contributed by atoms with Crippen molar-refractivity contribution in [1.82, 2.24) is 0 Å². The molecule has 0 aliphatic carbocycles. The summed E-state index contributed by atoms with van der Waals surface area (Å²) in [5, 5.41) is 8.76. The topological polar surface area (TPSA) is 20.2 Å². The van der Waals surface area contributed by atoms with Crippen LogP contribution in [-0.4, -0.2) is 10.9 Å². The van der Waals surface area contributed by atoms with E-state index in [9.17, 15) is 4.39 Å². The summed E-state index contributed by atoms with van der Waals surface area (Å²) in [6.45, 7) is 1.96. The summed E-state index contributed by atoms with van der Waals surface area (Å²) in [4.78, 5) is 0.666. The van der Waals surface area contributed by atoms with Crippen LogP contribution in [0.15, 0.2) is 23.1 Å². The third-order valence-electron chi connectivity index (χ3n) is 1.64. The van der Waals surface area contributed by atoms with Gasteiger partial charge in [-0.05, 0) is 29.9 Å². The van der Waals surface area contributed by atoms with Crippen molar-refractivity contribution < 1.29 is 9.50 Å². The molecule has 1 nitrogen and oxygen atoms in total. The molecule has 13 heavy (non-hydrogen) atoms. The van der Waals surface area contributed by atoms with Crippen molar-refractivity contribution >= 4 is 11.8 Å². The fraction of sp³-hybridized carbons (Fsp3) is 0.400. The molecular formula is C10H13FOS. The molecule has 0 saturated heterocycles. The normalized spacial score (nSPS) is 10.4. The van der Waals surface area contributed by atoms with Crippen LogP contribution in [0.5, 0.6) is 0 Å². The lowest BCUT2D eigenvalue weighted by Gasteiger charge is -2.03. The van der Waals surface area contributed by atoms with Gasteiger partial charge in [0.2, 0.25) is 0 Å². The number of hydrogen-bond acceptors (Lipinski definition) is 2. The first-order chi connectivity index (χ1) is 6.27. The molecule has 0 aliphatic heterocycles. The summed E-state index contributed by atoms with van der Waals surface area (Å²) in [7, 11) is 0. The molecule has 1 N–H and O–H groups in total. The molecule has 1 aromatic rings. The quantitative estimate of drug-likeness (QED) is 0.754. The van der Waals surface area contributed by atoms with Crippen LogP contribution >= 0.6 is 11.8 Å². The zero-order valence-electron chi connectivity index (χ0n) is 7.59. The van der Waals surface area contributed by atoms with Crippen LogP contribution in [-0.2, 0) is 6.61 Å². The number of halogens is 1. The van der Waals surface area contributed by atoms with Gasteiger partial charge >= 0.3 is 0 Å². The van der Waals surface area contributed by atoms with Gasteiger partial charge in [0.15, 0.2) is 0 Å². The van der Waals surface area contributed by atoms with Crippen LogP contribution in [0.1, 0.15) is 18.9 Å². The van der Waals surface area contributed by atoms with E-state index < -0.39 is 0 Å². The van der Waals surface area contributed by atoms with Gasteiger partial charge in [-0.1, -0.05) is 13.0 Å². The van der Waals surface area contributed by atoms with Crippen molar-refractivity contribution in [2.24, 2.45) is 0 Å². The lowest BCUT2D eigenvalue weighted by atomic mass is 10.2. The van der Waals surface area contributed by atoms with Crippen molar-refractivity contribution in [2.45, 2.75) is 24.8 Å². The van der Waals surface area contributed by atoms with Gasteiger partial charge in [0.05, 0.1) is 6.61 Å². The molecule has 0 fully saturated rings. The van der Waals surface area contributed by atoms with E-state index in [1.54, 1.807) is 12.1 Å². The van der Waals surface area contributed by atoms with Gasteiger partial charge in [-0.3, -0.25) is 0 Å². The monoisotopic (exact) mass is 200 g/mol. The molecule has 72 valence electrons. The largest absolute Gasteiger partial charge is 0.392 e. The van der Waals surface area contributed by atoms with Crippen LogP contribution in [0.2, 0.25) is 0 Å². The summed E-state index contributed by atoms with van der Waals surface area (Å²) in [5.74, 6) is 0.695. The number of aliphatic hydroxyl groups excluding tert-OH is 1. The van der Waals surface area contributed by atoms with Gasteiger partial charge in [-0.25, -0.2) is 4.39 Å². The zero-order valence-corrected chi connectivity index (χ0v) is 8.40. The van der Waals surface area contributed by atoms with E-state index in [1.165, 1.54) is 17.8 Å². The van der Waals surface area contributed by atoms with Crippen molar-refractivity contribution in [1.29, 1.82) is 0 Å². The average molecular weight is 200 g/mol. The summed E-state index contributed by atoms with van der Waals surface area (Å²) < 4.78 is 13.2. The number of hydrogen-bond donors (Lipinski definition) is 1. The Morgan fingerprint density at radius 2 is 2.23 bits per heavy atom. The van der Waals surface area contributed by atoms with Crippen LogP contribution in [0.25, 0.3) is 0 Å². The van der Waals surface area contributed by atoms with Crippen LogP contribution in [0.4, 0.5) is 4.39 Å². The Balaban J connectivity index is 2.73. The maximum Gasteiger partial charge on any atom is 0.137 e. The average Bonchev–Trinajstić information content (AvgIpc) is 2.16. The Morgan fingerprint density at radius 1 is 1.46 bits per heavy atom. The lowest BCUT2D eigenvalue weighted by Crippen LogP contribution is -1.88. The number of thioether (sulfide) groups is 1. The molecule has 0 heterocycles. The molecule has 0 unspecified atom stereocenters. The molecule has 0 saturated carbocycles. The Kier molecular flexibility index (Phi) is 4.25. The smallest absolute Gasteiger partial charge is 0.137 e. The highest BCUT2D eigenvalue weighted by Gasteiger charge is 2.02. The number of aliphatic hydroxyl groups is 1. The second kappa shape index (κ2) is 5.25. The molecule has 1 rings (SSSR count). The summed E-state index contributed by atoms with van der Waals surface area (Å²) in [6, 6.07) is 4.86. The summed E-state index contributed by atoms with van der Waals surface area (Å²) >= 11 is 1.51. The molecule has 0 amide bonds. The fourth-order valence-electron chi connectivity index (χ4n) is 0.972. The van der Waals surface area contributed by atoms with Crippen LogP contribution < -0.4 is 0 Å². The SMILES string of the molecule is CCCSc1ccc(CO)cc1F. The molecule has 0 radical (unpaired) electrons. The first-order valence-electron chi connectivity index (χ1n) is 4.30. The van der Waals surface area contributed by atoms with Crippen molar-refractivity contribution in [3.63, 3.8) is 0 Å². The standard InChI is InChI=1S/C10H13FOS/c1-2-5-13-10-4-3-8(7-12)6-9(10)11/h3-4,6,12H,2,5,7H2,1H3. The predicted octanol–water partition coefficient (Wildman–Crippen LogP) is 2.82. The van der Waals surface area contributed by atoms with E-state index in [-0.39, 0.29) is 12.4 Å². The van der Waals surface area contributed by atoms with E-state index in [4.69, 9.17) is 5.11 Å².